The highest BCUT2D eigenvalue weighted by Gasteiger charge is 2.39. The SMILES string of the molecule is CCC(C)(CN1CCCC1C1CCCC1)C(=O)O. The third-order valence-electron chi connectivity index (χ3n) is 5.21. The first-order chi connectivity index (χ1) is 8.57. The molecule has 1 saturated heterocycles. The number of carboxylic acids is 1. The fourth-order valence-electron chi connectivity index (χ4n) is 3.70. The van der Waals surface area contributed by atoms with E-state index >= 15 is 0 Å². The van der Waals surface area contributed by atoms with Crippen LogP contribution in [0.25, 0.3) is 0 Å². The molecule has 0 aromatic rings. The molecule has 2 unspecified atom stereocenters. The van der Waals surface area contributed by atoms with E-state index in [1.165, 1.54) is 38.5 Å². The molecule has 2 fully saturated rings. The predicted octanol–water partition coefficient (Wildman–Crippen LogP) is 3.14. The van der Waals surface area contributed by atoms with Gasteiger partial charge in [-0.25, -0.2) is 0 Å². The number of rotatable bonds is 5. The van der Waals surface area contributed by atoms with Gasteiger partial charge in [-0.2, -0.15) is 0 Å². The Kier molecular flexibility index (Phi) is 4.31. The molecule has 2 atom stereocenters. The molecule has 1 aliphatic carbocycles. The molecular weight excluding hydrogens is 226 g/mol. The Morgan fingerprint density at radius 1 is 1.28 bits per heavy atom. The van der Waals surface area contributed by atoms with E-state index in [4.69, 9.17) is 0 Å². The molecule has 18 heavy (non-hydrogen) atoms. The zero-order valence-electron chi connectivity index (χ0n) is 11.8. The fraction of sp³-hybridized carbons (Fsp3) is 0.933. The van der Waals surface area contributed by atoms with Gasteiger partial charge in [0, 0.05) is 12.6 Å². The van der Waals surface area contributed by atoms with Crippen LogP contribution in [0.5, 0.6) is 0 Å². The third kappa shape index (κ3) is 2.71. The van der Waals surface area contributed by atoms with Crippen molar-refractivity contribution in [3.63, 3.8) is 0 Å². The minimum absolute atomic E-state index is 0.568. The Hall–Kier alpha value is -0.570. The van der Waals surface area contributed by atoms with Crippen LogP contribution in [-0.4, -0.2) is 35.1 Å². The van der Waals surface area contributed by atoms with Crippen molar-refractivity contribution in [2.45, 2.75) is 64.8 Å². The highest BCUT2D eigenvalue weighted by molar-refractivity contribution is 5.74. The number of aliphatic carboxylic acids is 1. The van der Waals surface area contributed by atoms with Gasteiger partial charge in [0.1, 0.15) is 0 Å². The second kappa shape index (κ2) is 5.60. The Labute approximate surface area is 111 Å². The molecule has 2 rings (SSSR count). The summed E-state index contributed by atoms with van der Waals surface area (Å²) < 4.78 is 0. The molecule has 1 aliphatic heterocycles. The standard InChI is InChI=1S/C15H27NO2/c1-3-15(2,14(17)18)11-16-10-6-9-13(16)12-7-4-5-8-12/h12-13H,3-11H2,1-2H3,(H,17,18). The average molecular weight is 253 g/mol. The number of carboxylic acid groups (broad SMARTS) is 1. The van der Waals surface area contributed by atoms with Crippen molar-refractivity contribution in [1.29, 1.82) is 0 Å². The number of likely N-dealkylation sites (tertiary alicyclic amines) is 1. The van der Waals surface area contributed by atoms with Gasteiger partial charge in [-0.05, 0) is 51.5 Å². The van der Waals surface area contributed by atoms with Crippen LogP contribution in [0.2, 0.25) is 0 Å². The van der Waals surface area contributed by atoms with E-state index in [9.17, 15) is 9.90 Å². The highest BCUT2D eigenvalue weighted by Crippen LogP contribution is 2.37. The molecule has 0 amide bonds. The number of nitrogens with zero attached hydrogens (tertiary/aromatic N) is 1. The molecule has 2 aliphatic rings. The average Bonchev–Trinajstić information content (AvgIpc) is 2.98. The first-order valence-electron chi connectivity index (χ1n) is 7.54. The van der Waals surface area contributed by atoms with Crippen LogP contribution >= 0.6 is 0 Å². The lowest BCUT2D eigenvalue weighted by Crippen LogP contribution is -2.44. The van der Waals surface area contributed by atoms with E-state index in [2.05, 4.69) is 4.90 Å². The fourth-order valence-corrected chi connectivity index (χ4v) is 3.70. The zero-order chi connectivity index (χ0) is 13.2. The maximum atomic E-state index is 11.4. The molecular formula is C15H27NO2. The molecule has 1 heterocycles. The predicted molar refractivity (Wildman–Crippen MR) is 72.6 cm³/mol. The van der Waals surface area contributed by atoms with Gasteiger partial charge in [-0.15, -0.1) is 0 Å². The molecule has 0 bridgehead atoms. The highest BCUT2D eigenvalue weighted by atomic mass is 16.4. The van der Waals surface area contributed by atoms with E-state index in [1.807, 2.05) is 13.8 Å². The van der Waals surface area contributed by atoms with Gasteiger partial charge < -0.3 is 5.11 Å². The van der Waals surface area contributed by atoms with Crippen LogP contribution in [0.4, 0.5) is 0 Å². The smallest absolute Gasteiger partial charge is 0.310 e. The van der Waals surface area contributed by atoms with E-state index in [1.54, 1.807) is 0 Å². The zero-order valence-corrected chi connectivity index (χ0v) is 11.8. The molecule has 0 aromatic carbocycles. The first kappa shape index (κ1) is 13.9. The number of carbonyl (C=O) groups is 1. The quantitative estimate of drug-likeness (QED) is 0.818. The summed E-state index contributed by atoms with van der Waals surface area (Å²) >= 11 is 0. The van der Waals surface area contributed by atoms with Crippen LogP contribution in [0.3, 0.4) is 0 Å². The summed E-state index contributed by atoms with van der Waals surface area (Å²) in [5.74, 6) is 0.199. The molecule has 0 aromatic heterocycles. The largest absolute Gasteiger partial charge is 0.481 e. The Bertz CT molecular complexity index is 299. The molecule has 1 saturated carbocycles. The van der Waals surface area contributed by atoms with Gasteiger partial charge in [0.15, 0.2) is 0 Å². The van der Waals surface area contributed by atoms with Gasteiger partial charge in [0.25, 0.3) is 0 Å². The van der Waals surface area contributed by atoms with E-state index in [-0.39, 0.29) is 0 Å². The topological polar surface area (TPSA) is 40.5 Å². The van der Waals surface area contributed by atoms with Crippen LogP contribution in [0, 0.1) is 11.3 Å². The van der Waals surface area contributed by atoms with Crippen molar-refractivity contribution < 1.29 is 9.90 Å². The van der Waals surface area contributed by atoms with Crippen molar-refractivity contribution in [3.05, 3.63) is 0 Å². The van der Waals surface area contributed by atoms with Crippen LogP contribution in [0.15, 0.2) is 0 Å². The van der Waals surface area contributed by atoms with Crippen LogP contribution < -0.4 is 0 Å². The van der Waals surface area contributed by atoms with E-state index < -0.39 is 11.4 Å². The van der Waals surface area contributed by atoms with Crippen molar-refractivity contribution in [2.75, 3.05) is 13.1 Å². The summed E-state index contributed by atoms with van der Waals surface area (Å²) in [7, 11) is 0. The summed E-state index contributed by atoms with van der Waals surface area (Å²) in [6.07, 6.45) is 8.72. The summed E-state index contributed by atoms with van der Waals surface area (Å²) in [5.41, 5.74) is -0.568. The lowest BCUT2D eigenvalue weighted by molar-refractivity contribution is -0.149. The van der Waals surface area contributed by atoms with Crippen molar-refractivity contribution in [2.24, 2.45) is 11.3 Å². The van der Waals surface area contributed by atoms with Crippen molar-refractivity contribution in [1.82, 2.24) is 4.90 Å². The minimum Gasteiger partial charge on any atom is -0.481 e. The molecule has 3 heteroatoms. The molecule has 104 valence electrons. The van der Waals surface area contributed by atoms with Crippen LogP contribution in [0.1, 0.15) is 58.8 Å². The molecule has 0 spiro atoms. The van der Waals surface area contributed by atoms with Gasteiger partial charge >= 0.3 is 5.97 Å². The lowest BCUT2D eigenvalue weighted by Gasteiger charge is -2.35. The molecule has 3 nitrogen and oxygen atoms in total. The second-order valence-corrected chi connectivity index (χ2v) is 6.44. The lowest BCUT2D eigenvalue weighted by atomic mass is 9.86. The Balaban J connectivity index is 2.00. The van der Waals surface area contributed by atoms with Crippen LogP contribution in [-0.2, 0) is 4.79 Å². The number of hydrogen-bond donors (Lipinski definition) is 1. The van der Waals surface area contributed by atoms with Gasteiger partial charge in [0.05, 0.1) is 5.41 Å². The van der Waals surface area contributed by atoms with Gasteiger partial charge in [-0.3, -0.25) is 9.69 Å². The minimum atomic E-state index is -0.637. The number of hydrogen-bond acceptors (Lipinski definition) is 2. The maximum Gasteiger partial charge on any atom is 0.310 e. The monoisotopic (exact) mass is 253 g/mol. The summed E-state index contributed by atoms with van der Waals surface area (Å²) in [4.78, 5) is 13.9. The summed E-state index contributed by atoms with van der Waals surface area (Å²) in [6, 6.07) is 0.665. The van der Waals surface area contributed by atoms with Gasteiger partial charge in [-0.1, -0.05) is 19.8 Å². The third-order valence-corrected chi connectivity index (χ3v) is 5.21. The first-order valence-corrected chi connectivity index (χ1v) is 7.54. The van der Waals surface area contributed by atoms with Crippen molar-refractivity contribution in [3.8, 4) is 0 Å². The second-order valence-electron chi connectivity index (χ2n) is 6.44. The normalized spacial score (nSPS) is 29.6. The summed E-state index contributed by atoms with van der Waals surface area (Å²) in [6.45, 7) is 5.73. The Morgan fingerprint density at radius 2 is 1.94 bits per heavy atom. The summed E-state index contributed by atoms with van der Waals surface area (Å²) in [5, 5.41) is 9.42. The molecule has 0 radical (unpaired) electrons. The van der Waals surface area contributed by atoms with Gasteiger partial charge in [0.2, 0.25) is 0 Å². The maximum absolute atomic E-state index is 11.4. The molecule has 1 N–H and O–H groups in total. The van der Waals surface area contributed by atoms with Crippen molar-refractivity contribution >= 4 is 5.97 Å². The Morgan fingerprint density at radius 3 is 2.50 bits per heavy atom. The van der Waals surface area contributed by atoms with E-state index in [0.717, 1.165) is 25.4 Å². The van der Waals surface area contributed by atoms with E-state index in [0.29, 0.717) is 6.04 Å².